The molecule has 1 aromatic rings. The molecule has 0 aromatic carbocycles. The van der Waals surface area contributed by atoms with Crippen molar-refractivity contribution < 1.29 is 0 Å². The minimum absolute atomic E-state index is 0.756. The first-order chi connectivity index (χ1) is 8.74. The summed E-state index contributed by atoms with van der Waals surface area (Å²) in [6.07, 6.45) is 5.63. The number of aryl methyl sites for hydroxylation is 2. The standard InChI is InChI=1S/C14H23N3S/c1-4-15-8-11-5-6-13-12(7-11)10(2)16-14(17-13)9-18-3/h11,15H,4-9H2,1-3H3. The van der Waals surface area contributed by atoms with Gasteiger partial charge < -0.3 is 5.32 Å². The maximum atomic E-state index is 4.73. The van der Waals surface area contributed by atoms with Gasteiger partial charge in [0.25, 0.3) is 0 Å². The van der Waals surface area contributed by atoms with Crippen molar-refractivity contribution in [2.24, 2.45) is 5.92 Å². The van der Waals surface area contributed by atoms with Crippen LogP contribution in [0.5, 0.6) is 0 Å². The fraction of sp³-hybridized carbons (Fsp3) is 0.714. The van der Waals surface area contributed by atoms with E-state index in [0.717, 1.165) is 43.4 Å². The summed E-state index contributed by atoms with van der Waals surface area (Å²) >= 11 is 1.79. The highest BCUT2D eigenvalue weighted by molar-refractivity contribution is 7.97. The maximum Gasteiger partial charge on any atom is 0.138 e. The second-order valence-electron chi connectivity index (χ2n) is 5.00. The quantitative estimate of drug-likeness (QED) is 0.887. The van der Waals surface area contributed by atoms with E-state index in [-0.39, 0.29) is 0 Å². The number of hydrogen-bond donors (Lipinski definition) is 1. The third-order valence-electron chi connectivity index (χ3n) is 3.58. The van der Waals surface area contributed by atoms with Crippen molar-refractivity contribution >= 4 is 11.8 Å². The largest absolute Gasteiger partial charge is 0.317 e. The summed E-state index contributed by atoms with van der Waals surface area (Å²) in [5.74, 6) is 2.68. The molecule has 0 bridgehead atoms. The maximum absolute atomic E-state index is 4.73. The van der Waals surface area contributed by atoms with E-state index in [1.54, 1.807) is 11.8 Å². The van der Waals surface area contributed by atoms with Gasteiger partial charge in [-0.25, -0.2) is 9.97 Å². The van der Waals surface area contributed by atoms with E-state index in [1.165, 1.54) is 23.4 Å². The fourth-order valence-electron chi connectivity index (χ4n) is 2.64. The second kappa shape index (κ2) is 6.53. The zero-order chi connectivity index (χ0) is 13.0. The lowest BCUT2D eigenvalue weighted by atomic mass is 9.86. The van der Waals surface area contributed by atoms with Crippen LogP contribution in [0.2, 0.25) is 0 Å². The van der Waals surface area contributed by atoms with Crippen molar-refractivity contribution in [3.8, 4) is 0 Å². The summed E-state index contributed by atoms with van der Waals surface area (Å²) in [7, 11) is 0. The van der Waals surface area contributed by atoms with Gasteiger partial charge in [0.2, 0.25) is 0 Å². The number of nitrogens with zero attached hydrogens (tertiary/aromatic N) is 2. The van der Waals surface area contributed by atoms with E-state index < -0.39 is 0 Å². The Morgan fingerprint density at radius 2 is 2.22 bits per heavy atom. The van der Waals surface area contributed by atoms with Gasteiger partial charge in [-0.05, 0) is 57.0 Å². The van der Waals surface area contributed by atoms with Crippen LogP contribution in [0.15, 0.2) is 0 Å². The molecule has 1 aromatic heterocycles. The van der Waals surface area contributed by atoms with Crippen molar-refractivity contribution in [1.82, 2.24) is 15.3 Å². The van der Waals surface area contributed by atoms with Crippen LogP contribution >= 0.6 is 11.8 Å². The van der Waals surface area contributed by atoms with Crippen LogP contribution < -0.4 is 5.32 Å². The zero-order valence-electron chi connectivity index (χ0n) is 11.6. The normalized spacial score (nSPS) is 18.7. The first kappa shape index (κ1) is 13.8. The first-order valence-electron chi connectivity index (χ1n) is 6.79. The monoisotopic (exact) mass is 265 g/mol. The summed E-state index contributed by atoms with van der Waals surface area (Å²) in [5.41, 5.74) is 3.92. The van der Waals surface area contributed by atoms with Gasteiger partial charge in [-0.2, -0.15) is 11.8 Å². The zero-order valence-corrected chi connectivity index (χ0v) is 12.4. The third-order valence-corrected chi connectivity index (χ3v) is 4.13. The van der Waals surface area contributed by atoms with Gasteiger partial charge in [-0.15, -0.1) is 0 Å². The van der Waals surface area contributed by atoms with Crippen molar-refractivity contribution in [3.63, 3.8) is 0 Å². The second-order valence-corrected chi connectivity index (χ2v) is 5.87. The molecule has 4 heteroatoms. The Morgan fingerprint density at radius 1 is 1.39 bits per heavy atom. The smallest absolute Gasteiger partial charge is 0.138 e. The summed E-state index contributed by atoms with van der Waals surface area (Å²) in [4.78, 5) is 9.36. The molecule has 0 aliphatic heterocycles. The topological polar surface area (TPSA) is 37.8 Å². The molecule has 0 radical (unpaired) electrons. The molecule has 0 fully saturated rings. The van der Waals surface area contributed by atoms with Gasteiger partial charge in [0.05, 0.1) is 5.75 Å². The number of hydrogen-bond acceptors (Lipinski definition) is 4. The molecule has 1 unspecified atom stereocenters. The molecule has 1 N–H and O–H groups in total. The van der Waals surface area contributed by atoms with Crippen molar-refractivity contribution in [2.75, 3.05) is 19.3 Å². The van der Waals surface area contributed by atoms with E-state index in [2.05, 4.69) is 30.4 Å². The first-order valence-corrected chi connectivity index (χ1v) is 8.18. The van der Waals surface area contributed by atoms with Crippen LogP contribution in [0.1, 0.15) is 36.1 Å². The predicted molar refractivity (Wildman–Crippen MR) is 78.0 cm³/mol. The highest BCUT2D eigenvalue weighted by atomic mass is 32.2. The van der Waals surface area contributed by atoms with Gasteiger partial charge in [0, 0.05) is 11.4 Å². The molecule has 0 saturated carbocycles. The molecule has 0 spiro atoms. The predicted octanol–water partition coefficient (Wildman–Crippen LogP) is 2.36. The number of aromatic nitrogens is 2. The Bertz CT molecular complexity index is 406. The summed E-state index contributed by atoms with van der Waals surface area (Å²) in [6.45, 7) is 6.49. The van der Waals surface area contributed by atoms with Crippen molar-refractivity contribution in [3.05, 3.63) is 22.8 Å². The van der Waals surface area contributed by atoms with Crippen LogP contribution in [0, 0.1) is 12.8 Å². The highest BCUT2D eigenvalue weighted by Crippen LogP contribution is 2.26. The van der Waals surface area contributed by atoms with Crippen LogP contribution in [0.3, 0.4) is 0 Å². The molecule has 1 aliphatic rings. The van der Waals surface area contributed by atoms with Crippen LogP contribution in [-0.2, 0) is 18.6 Å². The molecule has 2 rings (SSSR count). The minimum Gasteiger partial charge on any atom is -0.317 e. The number of thioether (sulfide) groups is 1. The molecule has 1 aliphatic carbocycles. The molecule has 1 heterocycles. The molecule has 3 nitrogen and oxygen atoms in total. The molecular weight excluding hydrogens is 242 g/mol. The van der Waals surface area contributed by atoms with Crippen LogP contribution in [-0.4, -0.2) is 29.3 Å². The fourth-order valence-corrected chi connectivity index (χ4v) is 3.03. The van der Waals surface area contributed by atoms with Gasteiger partial charge in [0.15, 0.2) is 0 Å². The lowest BCUT2D eigenvalue weighted by Gasteiger charge is -2.25. The Hall–Kier alpha value is -0.610. The van der Waals surface area contributed by atoms with E-state index >= 15 is 0 Å². The average molecular weight is 265 g/mol. The van der Waals surface area contributed by atoms with E-state index in [1.807, 2.05) is 0 Å². The average Bonchev–Trinajstić information content (AvgIpc) is 2.37. The van der Waals surface area contributed by atoms with Crippen molar-refractivity contribution in [1.29, 1.82) is 0 Å². The lowest BCUT2D eigenvalue weighted by molar-refractivity contribution is 0.422. The molecule has 1 atom stereocenters. The molecular formula is C14H23N3S. The summed E-state index contributed by atoms with van der Waals surface area (Å²) in [6, 6.07) is 0. The highest BCUT2D eigenvalue weighted by Gasteiger charge is 2.22. The van der Waals surface area contributed by atoms with Gasteiger partial charge in [-0.1, -0.05) is 6.92 Å². The molecule has 0 amide bonds. The number of nitrogens with one attached hydrogen (secondary N) is 1. The van der Waals surface area contributed by atoms with E-state index in [4.69, 9.17) is 4.98 Å². The Kier molecular flexibility index (Phi) is 5.01. The van der Waals surface area contributed by atoms with Gasteiger partial charge >= 0.3 is 0 Å². The SMILES string of the molecule is CCNCC1CCc2nc(CSC)nc(C)c2C1. The van der Waals surface area contributed by atoms with E-state index in [0.29, 0.717) is 0 Å². The lowest BCUT2D eigenvalue weighted by Crippen LogP contribution is -2.28. The van der Waals surface area contributed by atoms with Crippen molar-refractivity contribution in [2.45, 2.75) is 38.9 Å². The Balaban J connectivity index is 2.12. The number of fused-ring (bicyclic) bond motifs is 1. The van der Waals surface area contributed by atoms with Crippen LogP contribution in [0.25, 0.3) is 0 Å². The number of rotatable bonds is 5. The Morgan fingerprint density at radius 3 is 2.94 bits per heavy atom. The Labute approximate surface area is 114 Å². The van der Waals surface area contributed by atoms with Gasteiger partial charge in [-0.3, -0.25) is 0 Å². The molecule has 0 saturated heterocycles. The molecule has 100 valence electrons. The minimum atomic E-state index is 0.756. The summed E-state index contributed by atoms with van der Waals surface area (Å²) in [5, 5.41) is 3.46. The van der Waals surface area contributed by atoms with Gasteiger partial charge in [0.1, 0.15) is 5.82 Å². The molecule has 18 heavy (non-hydrogen) atoms. The summed E-state index contributed by atoms with van der Waals surface area (Å²) < 4.78 is 0. The van der Waals surface area contributed by atoms with Crippen LogP contribution in [0.4, 0.5) is 0 Å². The van der Waals surface area contributed by atoms with E-state index in [9.17, 15) is 0 Å². The third kappa shape index (κ3) is 3.23.